The molecule has 4 nitrogen and oxygen atoms in total. The molecule has 0 atom stereocenters. The lowest BCUT2D eigenvalue weighted by atomic mass is 10.0. The molecule has 4 heteroatoms. The predicted molar refractivity (Wildman–Crippen MR) is 170 cm³/mol. The van der Waals surface area contributed by atoms with E-state index in [1.165, 1.54) is 16.3 Å². The summed E-state index contributed by atoms with van der Waals surface area (Å²) in [4.78, 5) is 0. The fourth-order valence-corrected chi connectivity index (χ4v) is 6.53. The summed E-state index contributed by atoms with van der Waals surface area (Å²) >= 11 is 0. The molecule has 0 saturated carbocycles. The van der Waals surface area contributed by atoms with Gasteiger partial charge in [-0.1, -0.05) is 60.7 Å². The van der Waals surface area contributed by atoms with Crippen LogP contribution < -0.4 is 5.32 Å². The van der Waals surface area contributed by atoms with E-state index in [0.29, 0.717) is 0 Å². The molecule has 0 radical (unpaired) electrons. The van der Waals surface area contributed by atoms with Crippen molar-refractivity contribution in [2.45, 2.75) is 0 Å². The van der Waals surface area contributed by atoms with E-state index in [0.717, 1.165) is 71.9 Å². The highest BCUT2D eigenvalue weighted by Gasteiger charge is 2.20. The monoisotopic (exact) mass is 528 g/mol. The van der Waals surface area contributed by atoms with Crippen molar-refractivity contribution < 1.29 is 8.83 Å². The number of para-hydroxylation sites is 3. The SMILES string of the molecule is CNc1ccc2oc3ccc(-c4ccccc4-n4c5ccccc5c5ccc6oc7ccccc7c6c54)cc3c2c1. The lowest BCUT2D eigenvalue weighted by Gasteiger charge is -2.14. The zero-order valence-corrected chi connectivity index (χ0v) is 22.3. The van der Waals surface area contributed by atoms with Gasteiger partial charge in [-0.25, -0.2) is 0 Å². The van der Waals surface area contributed by atoms with Gasteiger partial charge in [-0.15, -0.1) is 0 Å². The van der Waals surface area contributed by atoms with Gasteiger partial charge >= 0.3 is 0 Å². The maximum Gasteiger partial charge on any atom is 0.137 e. The van der Waals surface area contributed by atoms with E-state index in [1.54, 1.807) is 0 Å². The van der Waals surface area contributed by atoms with Crippen molar-refractivity contribution in [1.82, 2.24) is 4.57 Å². The van der Waals surface area contributed by atoms with E-state index >= 15 is 0 Å². The smallest absolute Gasteiger partial charge is 0.137 e. The highest BCUT2D eigenvalue weighted by atomic mass is 16.3. The summed E-state index contributed by atoms with van der Waals surface area (Å²) in [5, 5.41) is 10.2. The third-order valence-corrected chi connectivity index (χ3v) is 8.39. The van der Waals surface area contributed by atoms with Crippen LogP contribution in [0.25, 0.3) is 82.5 Å². The number of nitrogens with one attached hydrogen (secondary N) is 1. The molecule has 194 valence electrons. The normalized spacial score (nSPS) is 12.0. The molecule has 6 aromatic carbocycles. The molecule has 0 aliphatic heterocycles. The average molecular weight is 529 g/mol. The van der Waals surface area contributed by atoms with Crippen molar-refractivity contribution in [2.24, 2.45) is 0 Å². The second-order valence-electron chi connectivity index (χ2n) is 10.6. The Kier molecular flexibility index (Phi) is 4.50. The van der Waals surface area contributed by atoms with Crippen LogP contribution in [0.5, 0.6) is 0 Å². The van der Waals surface area contributed by atoms with E-state index in [4.69, 9.17) is 8.83 Å². The Morgan fingerprint density at radius 2 is 1.22 bits per heavy atom. The Balaban J connectivity index is 1.39. The molecule has 3 heterocycles. The number of hydrogen-bond donors (Lipinski definition) is 1. The number of fused-ring (bicyclic) bond motifs is 10. The minimum absolute atomic E-state index is 0.887. The Morgan fingerprint density at radius 1 is 0.537 bits per heavy atom. The van der Waals surface area contributed by atoms with E-state index in [9.17, 15) is 0 Å². The molecule has 9 aromatic rings. The third kappa shape index (κ3) is 3.10. The van der Waals surface area contributed by atoms with Gasteiger partial charge in [0, 0.05) is 45.2 Å². The molecule has 9 rings (SSSR count). The second kappa shape index (κ2) is 8.26. The van der Waals surface area contributed by atoms with Crippen LogP contribution in [-0.4, -0.2) is 11.6 Å². The fourth-order valence-electron chi connectivity index (χ4n) is 6.53. The van der Waals surface area contributed by atoms with E-state index < -0.39 is 0 Å². The average Bonchev–Trinajstić information content (AvgIpc) is 3.69. The predicted octanol–water partition coefficient (Wildman–Crippen LogP) is 10.3. The summed E-state index contributed by atoms with van der Waals surface area (Å²) in [6, 6.07) is 42.7. The summed E-state index contributed by atoms with van der Waals surface area (Å²) in [7, 11) is 1.94. The number of hydrogen-bond acceptors (Lipinski definition) is 3. The molecular weight excluding hydrogens is 504 g/mol. The first-order valence-corrected chi connectivity index (χ1v) is 13.9. The molecule has 0 fully saturated rings. The quantitative estimate of drug-likeness (QED) is 0.248. The van der Waals surface area contributed by atoms with Gasteiger partial charge in [-0.05, 0) is 66.2 Å². The lowest BCUT2D eigenvalue weighted by molar-refractivity contribution is 0.668. The van der Waals surface area contributed by atoms with Crippen LogP contribution in [-0.2, 0) is 0 Å². The van der Waals surface area contributed by atoms with Crippen molar-refractivity contribution in [3.8, 4) is 16.8 Å². The number of nitrogens with zero attached hydrogens (tertiary/aromatic N) is 1. The molecule has 0 spiro atoms. The summed E-state index contributed by atoms with van der Waals surface area (Å²) < 4.78 is 14.9. The largest absolute Gasteiger partial charge is 0.456 e. The third-order valence-electron chi connectivity index (χ3n) is 8.39. The summed E-state index contributed by atoms with van der Waals surface area (Å²) in [5.74, 6) is 0. The fraction of sp³-hybridized carbons (Fsp3) is 0.0270. The summed E-state index contributed by atoms with van der Waals surface area (Å²) in [5.41, 5.74) is 10.4. The Morgan fingerprint density at radius 3 is 2.12 bits per heavy atom. The molecule has 0 bridgehead atoms. The van der Waals surface area contributed by atoms with E-state index in [-0.39, 0.29) is 0 Å². The van der Waals surface area contributed by atoms with Gasteiger partial charge in [0.2, 0.25) is 0 Å². The van der Waals surface area contributed by atoms with Gasteiger partial charge in [-0.3, -0.25) is 0 Å². The molecule has 1 N–H and O–H groups in total. The van der Waals surface area contributed by atoms with Crippen LogP contribution in [0.2, 0.25) is 0 Å². The minimum atomic E-state index is 0.887. The molecule has 0 aliphatic rings. The molecule has 0 saturated heterocycles. The maximum absolute atomic E-state index is 6.33. The van der Waals surface area contributed by atoms with Gasteiger partial charge in [0.15, 0.2) is 0 Å². The molecule has 3 aromatic heterocycles. The Bertz CT molecular complexity index is 2470. The second-order valence-corrected chi connectivity index (χ2v) is 10.6. The van der Waals surface area contributed by atoms with Crippen molar-refractivity contribution in [3.63, 3.8) is 0 Å². The van der Waals surface area contributed by atoms with Crippen LogP contribution in [0, 0.1) is 0 Å². The van der Waals surface area contributed by atoms with E-state index in [1.807, 2.05) is 31.3 Å². The zero-order valence-electron chi connectivity index (χ0n) is 22.3. The number of benzene rings is 6. The Hall–Kier alpha value is -5.48. The van der Waals surface area contributed by atoms with Crippen LogP contribution in [0.4, 0.5) is 5.69 Å². The van der Waals surface area contributed by atoms with Crippen LogP contribution >= 0.6 is 0 Å². The first-order valence-electron chi connectivity index (χ1n) is 13.9. The van der Waals surface area contributed by atoms with Crippen LogP contribution in [0.3, 0.4) is 0 Å². The van der Waals surface area contributed by atoms with Crippen molar-refractivity contribution in [3.05, 3.63) is 121 Å². The number of rotatable bonds is 3. The first kappa shape index (κ1) is 22.3. The number of furan rings is 2. The topological polar surface area (TPSA) is 43.2 Å². The van der Waals surface area contributed by atoms with Crippen LogP contribution in [0.1, 0.15) is 0 Å². The molecule has 0 aliphatic carbocycles. The lowest BCUT2D eigenvalue weighted by Crippen LogP contribution is -1.97. The van der Waals surface area contributed by atoms with Gasteiger partial charge in [-0.2, -0.15) is 0 Å². The van der Waals surface area contributed by atoms with Crippen LogP contribution in [0.15, 0.2) is 130 Å². The highest BCUT2D eigenvalue weighted by Crippen LogP contribution is 2.43. The van der Waals surface area contributed by atoms with Gasteiger partial charge in [0.05, 0.1) is 22.1 Å². The molecule has 0 amide bonds. The number of aromatic nitrogens is 1. The standard InChI is InChI=1S/C37H24N2O2/c1-38-23-15-18-34-29(21-23)28-20-22(14-17-33(28)40-34)24-8-2-5-11-30(24)39-31-12-6-3-9-25(31)26-16-19-35-36(37(26)39)27-10-4-7-13-32(27)41-35/h2-21,38H,1H3. The van der Waals surface area contributed by atoms with Crippen molar-refractivity contribution in [2.75, 3.05) is 12.4 Å². The maximum atomic E-state index is 6.33. The summed E-state index contributed by atoms with van der Waals surface area (Å²) in [6.07, 6.45) is 0. The molecule has 0 unspecified atom stereocenters. The van der Waals surface area contributed by atoms with Gasteiger partial charge < -0.3 is 18.7 Å². The van der Waals surface area contributed by atoms with Crippen molar-refractivity contribution >= 4 is 71.4 Å². The molecule has 41 heavy (non-hydrogen) atoms. The summed E-state index contributed by atoms with van der Waals surface area (Å²) in [6.45, 7) is 0. The minimum Gasteiger partial charge on any atom is -0.456 e. The van der Waals surface area contributed by atoms with Gasteiger partial charge in [0.25, 0.3) is 0 Å². The highest BCUT2D eigenvalue weighted by molar-refractivity contribution is 6.24. The van der Waals surface area contributed by atoms with Gasteiger partial charge in [0.1, 0.15) is 22.3 Å². The first-order chi connectivity index (χ1) is 20.3. The zero-order chi connectivity index (χ0) is 27.1. The molecular formula is C37H24N2O2. The number of anilines is 1. The van der Waals surface area contributed by atoms with E-state index in [2.05, 4.69) is 107 Å². The Labute approximate surface area is 235 Å². The van der Waals surface area contributed by atoms with Crippen molar-refractivity contribution in [1.29, 1.82) is 0 Å².